The molecule has 1 atom stereocenters. The van der Waals surface area contributed by atoms with Gasteiger partial charge in [-0.05, 0) is 37.5 Å². The van der Waals surface area contributed by atoms with Crippen molar-refractivity contribution in [2.45, 2.75) is 25.8 Å². The third kappa shape index (κ3) is 2.98. The van der Waals surface area contributed by atoms with Crippen molar-refractivity contribution in [3.8, 4) is 0 Å². The minimum Gasteiger partial charge on any atom is -0.465 e. The van der Waals surface area contributed by atoms with Gasteiger partial charge in [0, 0.05) is 12.6 Å². The lowest BCUT2D eigenvalue weighted by atomic mass is 10.2. The van der Waals surface area contributed by atoms with Crippen LogP contribution in [0, 0.1) is 0 Å². The Hall–Kier alpha value is -1.34. The number of nitrogen functional groups attached to an aromatic ring is 1. The number of nitrogens with zero attached hydrogens (tertiary/aromatic N) is 2. The molecule has 0 aromatic carbocycles. The molecule has 1 aliphatic heterocycles. The smallest absolute Gasteiger partial charge is 0.344 e. The molecule has 3 N–H and O–H groups in total. The molecule has 0 radical (unpaired) electrons. The first-order valence-corrected chi connectivity index (χ1v) is 7.26. The molecule has 6 nitrogen and oxygen atoms in total. The summed E-state index contributed by atoms with van der Waals surface area (Å²) in [5.74, 6) is -0.203. The number of methoxy groups -OCH3 is 1. The molecule has 2 heterocycles. The largest absolute Gasteiger partial charge is 0.465 e. The average Bonchev–Trinajstić information content (AvgIpc) is 3.01. The molecule has 2 rings (SSSR count). The zero-order chi connectivity index (χ0) is 13.8. The van der Waals surface area contributed by atoms with E-state index in [2.05, 4.69) is 21.5 Å². The lowest BCUT2D eigenvalue weighted by molar-refractivity contribution is 0.0603. The highest BCUT2D eigenvalue weighted by molar-refractivity contribution is 7.11. The normalized spacial score (nSPS) is 19.6. The molecule has 0 saturated carbocycles. The van der Waals surface area contributed by atoms with Gasteiger partial charge in [0.05, 0.1) is 7.11 Å². The van der Waals surface area contributed by atoms with Crippen LogP contribution >= 0.6 is 11.5 Å². The van der Waals surface area contributed by atoms with Gasteiger partial charge in [-0.1, -0.05) is 6.92 Å². The van der Waals surface area contributed by atoms with Crippen LogP contribution in [0.1, 0.15) is 30.1 Å². The topological polar surface area (TPSA) is 80.5 Å². The number of esters is 1. The highest BCUT2D eigenvalue weighted by Crippen LogP contribution is 2.28. The van der Waals surface area contributed by atoms with Crippen LogP contribution in [0.15, 0.2) is 0 Å². The lowest BCUT2D eigenvalue weighted by Gasteiger charge is -2.23. The van der Waals surface area contributed by atoms with Crippen molar-refractivity contribution < 1.29 is 9.53 Å². The van der Waals surface area contributed by atoms with Crippen LogP contribution in [0.5, 0.6) is 0 Å². The Balaban J connectivity index is 2.02. The van der Waals surface area contributed by atoms with Gasteiger partial charge in [0.2, 0.25) is 0 Å². The molecule has 1 unspecified atom stereocenters. The minimum atomic E-state index is -0.437. The molecular weight excluding hydrogens is 264 g/mol. The van der Waals surface area contributed by atoms with E-state index in [0.29, 0.717) is 16.6 Å². The minimum absolute atomic E-state index is 0.234. The molecule has 7 heteroatoms. The second-order valence-corrected chi connectivity index (χ2v) is 5.34. The number of hydrogen-bond donors (Lipinski definition) is 2. The predicted octanol–water partition coefficient (Wildman–Crippen LogP) is 1.41. The van der Waals surface area contributed by atoms with Gasteiger partial charge in [-0.2, -0.15) is 4.37 Å². The number of anilines is 2. The van der Waals surface area contributed by atoms with E-state index in [-0.39, 0.29) is 5.82 Å². The molecule has 0 spiro atoms. The van der Waals surface area contributed by atoms with E-state index in [9.17, 15) is 4.79 Å². The Morgan fingerprint density at radius 3 is 3.16 bits per heavy atom. The van der Waals surface area contributed by atoms with E-state index in [1.54, 1.807) is 0 Å². The fraction of sp³-hybridized carbons (Fsp3) is 0.667. The molecule has 0 bridgehead atoms. The van der Waals surface area contributed by atoms with Gasteiger partial charge >= 0.3 is 5.97 Å². The van der Waals surface area contributed by atoms with Crippen molar-refractivity contribution in [1.82, 2.24) is 9.27 Å². The van der Waals surface area contributed by atoms with Crippen LogP contribution in [0.3, 0.4) is 0 Å². The quantitative estimate of drug-likeness (QED) is 0.796. The molecule has 19 heavy (non-hydrogen) atoms. The van der Waals surface area contributed by atoms with Crippen molar-refractivity contribution in [2.75, 3.05) is 37.8 Å². The number of carbonyl (C=O) groups is 1. The van der Waals surface area contributed by atoms with Crippen LogP contribution in [-0.4, -0.2) is 48.0 Å². The molecule has 1 saturated heterocycles. The van der Waals surface area contributed by atoms with Crippen molar-refractivity contribution in [3.05, 3.63) is 5.56 Å². The highest BCUT2D eigenvalue weighted by Gasteiger charge is 2.25. The first-order valence-electron chi connectivity index (χ1n) is 6.48. The highest BCUT2D eigenvalue weighted by atomic mass is 32.1. The van der Waals surface area contributed by atoms with E-state index in [4.69, 9.17) is 10.5 Å². The first-order chi connectivity index (χ1) is 9.17. The van der Waals surface area contributed by atoms with E-state index in [0.717, 1.165) is 19.6 Å². The van der Waals surface area contributed by atoms with Gasteiger partial charge in [0.15, 0.2) is 5.82 Å². The Morgan fingerprint density at radius 2 is 2.47 bits per heavy atom. The Morgan fingerprint density at radius 1 is 1.68 bits per heavy atom. The monoisotopic (exact) mass is 284 g/mol. The standard InChI is InChI=1S/C12H20N4O2S/c1-3-16-6-4-5-8(16)7-14-11-9(12(17)18-2)10(13)15-19-11/h8,14H,3-7H2,1-2H3,(H2,13,15). The summed E-state index contributed by atoms with van der Waals surface area (Å²) in [4.78, 5) is 14.1. The van der Waals surface area contributed by atoms with Crippen molar-refractivity contribution >= 4 is 28.3 Å². The number of likely N-dealkylation sites (N-methyl/N-ethyl adjacent to an activating group) is 1. The second-order valence-electron chi connectivity index (χ2n) is 4.57. The average molecular weight is 284 g/mol. The number of hydrogen-bond acceptors (Lipinski definition) is 7. The summed E-state index contributed by atoms with van der Waals surface area (Å²) in [5, 5.41) is 3.99. The Kier molecular flexibility index (Phi) is 4.60. The molecule has 1 aliphatic rings. The molecule has 1 fully saturated rings. The molecule has 1 aromatic rings. The molecule has 1 aromatic heterocycles. The Labute approximate surface area is 117 Å². The molecule has 106 valence electrons. The SMILES string of the molecule is CCN1CCCC1CNc1snc(N)c1C(=O)OC. The fourth-order valence-electron chi connectivity index (χ4n) is 2.48. The predicted molar refractivity (Wildman–Crippen MR) is 76.6 cm³/mol. The van der Waals surface area contributed by atoms with Gasteiger partial charge in [0.1, 0.15) is 10.6 Å². The summed E-state index contributed by atoms with van der Waals surface area (Å²) in [6.45, 7) is 5.18. The third-order valence-electron chi connectivity index (χ3n) is 3.51. The van der Waals surface area contributed by atoms with Crippen LogP contribution in [0.4, 0.5) is 10.8 Å². The number of nitrogens with two attached hydrogens (primary N) is 1. The van der Waals surface area contributed by atoms with Crippen LogP contribution in [-0.2, 0) is 4.74 Å². The van der Waals surface area contributed by atoms with Gasteiger partial charge < -0.3 is 15.8 Å². The number of rotatable bonds is 5. The van der Waals surface area contributed by atoms with E-state index >= 15 is 0 Å². The van der Waals surface area contributed by atoms with Gasteiger partial charge in [-0.3, -0.25) is 4.90 Å². The summed E-state index contributed by atoms with van der Waals surface area (Å²) in [5.41, 5.74) is 6.06. The van der Waals surface area contributed by atoms with Gasteiger partial charge in [0.25, 0.3) is 0 Å². The molecule has 0 amide bonds. The number of likely N-dealkylation sites (tertiary alicyclic amines) is 1. The van der Waals surface area contributed by atoms with Crippen LogP contribution < -0.4 is 11.1 Å². The maximum atomic E-state index is 11.6. The van der Waals surface area contributed by atoms with Gasteiger partial charge in [-0.25, -0.2) is 4.79 Å². The van der Waals surface area contributed by atoms with Crippen molar-refractivity contribution in [1.29, 1.82) is 0 Å². The first kappa shape index (κ1) is 14.1. The Bertz CT molecular complexity index is 449. The maximum Gasteiger partial charge on any atom is 0.344 e. The number of ether oxygens (including phenoxy) is 1. The summed E-state index contributed by atoms with van der Waals surface area (Å²) in [6.07, 6.45) is 2.41. The summed E-state index contributed by atoms with van der Waals surface area (Å²) in [7, 11) is 1.35. The number of aromatic nitrogens is 1. The third-order valence-corrected chi connectivity index (χ3v) is 4.33. The molecule has 0 aliphatic carbocycles. The van der Waals surface area contributed by atoms with E-state index in [1.807, 2.05) is 0 Å². The second kappa shape index (κ2) is 6.21. The zero-order valence-electron chi connectivity index (χ0n) is 11.3. The van der Waals surface area contributed by atoms with E-state index < -0.39 is 5.97 Å². The van der Waals surface area contributed by atoms with Crippen LogP contribution in [0.2, 0.25) is 0 Å². The molecular formula is C12H20N4O2S. The fourth-order valence-corrected chi connectivity index (χ4v) is 3.18. The maximum absolute atomic E-state index is 11.6. The summed E-state index contributed by atoms with van der Waals surface area (Å²) in [6, 6.07) is 0.513. The zero-order valence-corrected chi connectivity index (χ0v) is 12.1. The van der Waals surface area contributed by atoms with Gasteiger partial charge in [-0.15, -0.1) is 0 Å². The van der Waals surface area contributed by atoms with Crippen molar-refractivity contribution in [3.63, 3.8) is 0 Å². The number of carbonyl (C=O) groups excluding carboxylic acids is 1. The van der Waals surface area contributed by atoms with Crippen molar-refractivity contribution in [2.24, 2.45) is 0 Å². The number of nitrogens with one attached hydrogen (secondary N) is 1. The van der Waals surface area contributed by atoms with Crippen LogP contribution in [0.25, 0.3) is 0 Å². The summed E-state index contributed by atoms with van der Waals surface area (Å²) >= 11 is 1.21. The summed E-state index contributed by atoms with van der Waals surface area (Å²) < 4.78 is 8.74. The lowest BCUT2D eigenvalue weighted by Crippen LogP contribution is -2.34. The van der Waals surface area contributed by atoms with E-state index in [1.165, 1.54) is 31.5 Å².